The van der Waals surface area contributed by atoms with Crippen molar-refractivity contribution in [3.63, 3.8) is 0 Å². The second-order valence-corrected chi connectivity index (χ2v) is 4.23. The van der Waals surface area contributed by atoms with Gasteiger partial charge in [0, 0.05) is 13.1 Å². The first-order chi connectivity index (χ1) is 7.63. The van der Waals surface area contributed by atoms with Crippen LogP contribution in [-0.2, 0) is 9.53 Å². The van der Waals surface area contributed by atoms with Crippen molar-refractivity contribution in [2.75, 3.05) is 20.7 Å². The minimum atomic E-state index is -0.487. The van der Waals surface area contributed by atoms with Crippen LogP contribution in [0.25, 0.3) is 0 Å². The quantitative estimate of drug-likeness (QED) is 0.788. The van der Waals surface area contributed by atoms with Gasteiger partial charge in [-0.1, -0.05) is 19.3 Å². The van der Waals surface area contributed by atoms with Crippen LogP contribution in [0.5, 0.6) is 0 Å². The fourth-order valence-corrected chi connectivity index (χ4v) is 1.96. The topological polar surface area (TPSA) is 58.6 Å². The van der Waals surface area contributed by atoms with E-state index in [1.807, 2.05) is 0 Å². The number of rotatable bonds is 3. The third-order valence-electron chi connectivity index (χ3n) is 2.84. The summed E-state index contributed by atoms with van der Waals surface area (Å²) in [6.45, 7) is 0.0587. The Hall–Kier alpha value is -1.26. The molecule has 1 rings (SSSR count). The number of likely N-dealkylation sites (N-methyl/N-ethyl adjacent to an activating group) is 1. The average molecular weight is 228 g/mol. The molecule has 0 saturated heterocycles. The van der Waals surface area contributed by atoms with Crippen molar-refractivity contribution in [1.82, 2.24) is 10.2 Å². The lowest BCUT2D eigenvalue weighted by atomic mass is 9.95. The van der Waals surface area contributed by atoms with Crippen molar-refractivity contribution < 1.29 is 14.3 Å². The zero-order valence-electron chi connectivity index (χ0n) is 9.99. The number of ether oxygens (including phenoxy) is 1. The average Bonchev–Trinajstić information content (AvgIpc) is 2.29. The summed E-state index contributed by atoms with van der Waals surface area (Å²) in [5.41, 5.74) is 0. The Morgan fingerprint density at radius 1 is 1.31 bits per heavy atom. The van der Waals surface area contributed by atoms with E-state index >= 15 is 0 Å². The standard InChI is InChI=1S/C11H20N2O3/c1-13(11(15)16-2)8-10(14)12-9-6-4-3-5-7-9/h9H,3-8H2,1-2H3,(H,12,14). The van der Waals surface area contributed by atoms with Crippen LogP contribution < -0.4 is 5.32 Å². The van der Waals surface area contributed by atoms with Gasteiger partial charge in [0.2, 0.25) is 5.91 Å². The van der Waals surface area contributed by atoms with Crippen LogP contribution in [0.3, 0.4) is 0 Å². The van der Waals surface area contributed by atoms with E-state index in [0.29, 0.717) is 0 Å². The monoisotopic (exact) mass is 228 g/mol. The van der Waals surface area contributed by atoms with Crippen molar-refractivity contribution in [2.45, 2.75) is 38.1 Å². The number of carbonyl (C=O) groups is 2. The Bertz CT molecular complexity index is 250. The van der Waals surface area contributed by atoms with Crippen molar-refractivity contribution in [3.05, 3.63) is 0 Å². The predicted octanol–water partition coefficient (Wildman–Crippen LogP) is 1.13. The first-order valence-electron chi connectivity index (χ1n) is 5.72. The van der Waals surface area contributed by atoms with Gasteiger partial charge >= 0.3 is 6.09 Å². The largest absolute Gasteiger partial charge is 0.453 e. The van der Waals surface area contributed by atoms with Crippen molar-refractivity contribution in [3.8, 4) is 0 Å². The molecular formula is C11H20N2O3. The lowest BCUT2D eigenvalue weighted by molar-refractivity contribution is -0.122. The highest BCUT2D eigenvalue weighted by Crippen LogP contribution is 2.17. The molecule has 1 fully saturated rings. The zero-order valence-corrected chi connectivity index (χ0v) is 9.99. The summed E-state index contributed by atoms with van der Waals surface area (Å²) < 4.78 is 4.51. The van der Waals surface area contributed by atoms with Crippen LogP contribution in [-0.4, -0.2) is 43.6 Å². The van der Waals surface area contributed by atoms with Gasteiger partial charge in [0.1, 0.15) is 6.54 Å². The second kappa shape index (κ2) is 6.35. The van der Waals surface area contributed by atoms with Crippen LogP contribution in [0.1, 0.15) is 32.1 Å². The molecule has 1 aliphatic rings. The molecule has 1 N–H and O–H groups in total. The predicted molar refractivity (Wildman–Crippen MR) is 60.1 cm³/mol. The molecule has 0 bridgehead atoms. The number of hydrogen-bond donors (Lipinski definition) is 1. The van der Waals surface area contributed by atoms with Crippen LogP contribution in [0.4, 0.5) is 4.79 Å². The molecule has 92 valence electrons. The normalized spacial score (nSPS) is 16.6. The van der Waals surface area contributed by atoms with E-state index in [-0.39, 0.29) is 18.5 Å². The maximum atomic E-state index is 11.6. The Kier molecular flexibility index (Phi) is 5.08. The number of amides is 2. The summed E-state index contributed by atoms with van der Waals surface area (Å²) >= 11 is 0. The summed E-state index contributed by atoms with van der Waals surface area (Å²) in [5.74, 6) is -0.111. The number of methoxy groups -OCH3 is 1. The van der Waals surface area contributed by atoms with E-state index in [1.54, 1.807) is 7.05 Å². The molecule has 0 aromatic heterocycles. The summed E-state index contributed by atoms with van der Waals surface area (Å²) in [4.78, 5) is 23.9. The number of nitrogens with one attached hydrogen (secondary N) is 1. The number of nitrogens with zero attached hydrogens (tertiary/aromatic N) is 1. The summed E-state index contributed by atoms with van der Waals surface area (Å²) in [6.07, 6.45) is 5.23. The van der Waals surface area contributed by atoms with Crippen molar-refractivity contribution in [2.24, 2.45) is 0 Å². The third kappa shape index (κ3) is 4.08. The maximum absolute atomic E-state index is 11.6. The summed E-state index contributed by atoms with van der Waals surface area (Å²) in [5, 5.41) is 2.94. The third-order valence-corrected chi connectivity index (χ3v) is 2.84. The number of hydrogen-bond acceptors (Lipinski definition) is 3. The smallest absolute Gasteiger partial charge is 0.409 e. The second-order valence-electron chi connectivity index (χ2n) is 4.23. The highest BCUT2D eigenvalue weighted by atomic mass is 16.5. The minimum Gasteiger partial charge on any atom is -0.453 e. The first kappa shape index (κ1) is 12.8. The molecule has 0 aromatic carbocycles. The molecule has 0 heterocycles. The van der Waals surface area contributed by atoms with Crippen molar-refractivity contribution >= 4 is 12.0 Å². The SMILES string of the molecule is COC(=O)N(C)CC(=O)NC1CCCCC1. The van der Waals surface area contributed by atoms with E-state index in [1.165, 1.54) is 31.3 Å². The molecule has 16 heavy (non-hydrogen) atoms. The van der Waals surface area contributed by atoms with E-state index in [9.17, 15) is 9.59 Å². The highest BCUT2D eigenvalue weighted by molar-refractivity contribution is 5.82. The molecule has 0 radical (unpaired) electrons. The van der Waals surface area contributed by atoms with Crippen molar-refractivity contribution in [1.29, 1.82) is 0 Å². The van der Waals surface area contributed by atoms with Gasteiger partial charge in [-0.2, -0.15) is 0 Å². The Balaban J connectivity index is 2.26. The maximum Gasteiger partial charge on any atom is 0.409 e. The molecule has 5 nitrogen and oxygen atoms in total. The molecule has 2 amide bonds. The van der Waals surface area contributed by atoms with Gasteiger partial charge in [0.25, 0.3) is 0 Å². The van der Waals surface area contributed by atoms with Gasteiger partial charge in [-0.3, -0.25) is 4.79 Å². The molecule has 0 aliphatic heterocycles. The number of carbonyl (C=O) groups excluding carboxylic acids is 2. The van der Waals surface area contributed by atoms with Crippen LogP contribution >= 0.6 is 0 Å². The minimum absolute atomic E-state index is 0.0587. The molecule has 0 aromatic rings. The van der Waals surface area contributed by atoms with E-state index in [2.05, 4.69) is 10.1 Å². The lowest BCUT2D eigenvalue weighted by Crippen LogP contribution is -2.43. The molecule has 0 spiro atoms. The lowest BCUT2D eigenvalue weighted by Gasteiger charge is -2.24. The van der Waals surface area contributed by atoms with Gasteiger partial charge < -0.3 is 15.0 Å². The fraction of sp³-hybridized carbons (Fsp3) is 0.818. The molecule has 1 saturated carbocycles. The molecule has 5 heteroatoms. The van der Waals surface area contributed by atoms with Crippen LogP contribution in [0.15, 0.2) is 0 Å². The van der Waals surface area contributed by atoms with Crippen LogP contribution in [0.2, 0.25) is 0 Å². The highest BCUT2D eigenvalue weighted by Gasteiger charge is 2.18. The van der Waals surface area contributed by atoms with E-state index < -0.39 is 6.09 Å². The Morgan fingerprint density at radius 3 is 2.50 bits per heavy atom. The van der Waals surface area contributed by atoms with Gasteiger partial charge in [-0.25, -0.2) is 4.79 Å². The van der Waals surface area contributed by atoms with Gasteiger partial charge in [0.05, 0.1) is 7.11 Å². The molecule has 1 aliphatic carbocycles. The first-order valence-corrected chi connectivity index (χ1v) is 5.72. The summed E-state index contributed by atoms with van der Waals surface area (Å²) in [6, 6.07) is 0.285. The van der Waals surface area contributed by atoms with E-state index in [0.717, 1.165) is 12.8 Å². The molecule has 0 atom stereocenters. The fourth-order valence-electron chi connectivity index (χ4n) is 1.96. The molecule has 0 unspecified atom stereocenters. The Labute approximate surface area is 96.1 Å². The van der Waals surface area contributed by atoms with Gasteiger partial charge in [-0.15, -0.1) is 0 Å². The molecular weight excluding hydrogens is 208 g/mol. The Morgan fingerprint density at radius 2 is 1.94 bits per heavy atom. The zero-order chi connectivity index (χ0) is 12.0. The van der Waals surface area contributed by atoms with Gasteiger partial charge in [0.15, 0.2) is 0 Å². The summed E-state index contributed by atoms with van der Waals surface area (Å²) in [7, 11) is 2.85. The van der Waals surface area contributed by atoms with E-state index in [4.69, 9.17) is 0 Å². The van der Waals surface area contributed by atoms with Crippen LogP contribution in [0, 0.1) is 0 Å². The van der Waals surface area contributed by atoms with Gasteiger partial charge in [-0.05, 0) is 12.8 Å².